The molecule has 0 aliphatic carbocycles. The third-order valence-electron chi connectivity index (χ3n) is 3.72. The maximum absolute atomic E-state index is 12.1. The topological polar surface area (TPSA) is 38.3 Å². The smallest absolute Gasteiger partial charge is 0.232 e. The fourth-order valence-electron chi connectivity index (χ4n) is 2.36. The molecule has 17 heavy (non-hydrogen) atoms. The van der Waals surface area contributed by atoms with E-state index in [1.165, 1.54) is 0 Å². The van der Waals surface area contributed by atoms with E-state index >= 15 is 0 Å². The van der Waals surface area contributed by atoms with Gasteiger partial charge in [0.1, 0.15) is 5.75 Å². The molecule has 0 aromatic heterocycles. The van der Waals surface area contributed by atoms with Gasteiger partial charge in [-0.2, -0.15) is 0 Å². The number of benzene rings is 1. The minimum absolute atomic E-state index is 0.0555. The maximum atomic E-state index is 12.1. The number of hydrogen-bond acceptors (Lipinski definition) is 2. The van der Waals surface area contributed by atoms with E-state index < -0.39 is 0 Å². The van der Waals surface area contributed by atoms with E-state index in [2.05, 4.69) is 26.1 Å². The van der Waals surface area contributed by atoms with Gasteiger partial charge in [0.25, 0.3) is 0 Å². The van der Waals surface area contributed by atoms with Gasteiger partial charge in [0.15, 0.2) is 0 Å². The molecule has 1 aromatic rings. The van der Waals surface area contributed by atoms with Crippen molar-refractivity contribution < 1.29 is 9.53 Å². The molecular formula is C14H19NO2. The number of nitrogens with one attached hydrogen (secondary N) is 1. The Balaban J connectivity index is 2.44. The number of rotatable bonds is 3. The van der Waals surface area contributed by atoms with Crippen LogP contribution < -0.4 is 10.1 Å². The lowest BCUT2D eigenvalue weighted by Gasteiger charge is -2.21. The van der Waals surface area contributed by atoms with Crippen LogP contribution in [0, 0.1) is 11.8 Å². The molecule has 2 atom stereocenters. The van der Waals surface area contributed by atoms with Gasteiger partial charge >= 0.3 is 0 Å². The summed E-state index contributed by atoms with van der Waals surface area (Å²) in [6, 6.07) is 5.83. The van der Waals surface area contributed by atoms with Crippen molar-refractivity contribution in [1.29, 1.82) is 0 Å². The van der Waals surface area contributed by atoms with Crippen LogP contribution in [0.4, 0.5) is 5.69 Å². The summed E-state index contributed by atoms with van der Waals surface area (Å²) >= 11 is 0. The van der Waals surface area contributed by atoms with Crippen molar-refractivity contribution in [3.05, 3.63) is 23.8 Å². The number of methoxy groups -OCH3 is 1. The molecule has 1 aliphatic heterocycles. The summed E-state index contributed by atoms with van der Waals surface area (Å²) in [5, 5.41) is 2.94. The Morgan fingerprint density at radius 3 is 2.59 bits per heavy atom. The lowest BCUT2D eigenvalue weighted by atomic mass is 9.81. The molecule has 0 fully saturated rings. The van der Waals surface area contributed by atoms with Crippen molar-refractivity contribution in [3.8, 4) is 5.75 Å². The van der Waals surface area contributed by atoms with Crippen LogP contribution in [-0.4, -0.2) is 13.0 Å². The van der Waals surface area contributed by atoms with E-state index in [0.29, 0.717) is 11.8 Å². The molecule has 1 heterocycles. The lowest BCUT2D eigenvalue weighted by Crippen LogP contribution is -2.22. The molecule has 0 spiro atoms. The van der Waals surface area contributed by atoms with Gasteiger partial charge in [-0.1, -0.05) is 32.9 Å². The van der Waals surface area contributed by atoms with E-state index in [-0.39, 0.29) is 11.8 Å². The fraction of sp³-hybridized carbons (Fsp3) is 0.500. The van der Waals surface area contributed by atoms with E-state index in [0.717, 1.165) is 17.0 Å². The molecule has 0 saturated heterocycles. The number of carbonyl (C=O) groups excluding carboxylic acids is 1. The standard InChI is InChI=1S/C14H19NO2/c1-8(2)9(3)12-10-6-5-7-11(17-4)13(10)15-14(12)16/h5-9,12H,1-4H3,(H,15,16). The van der Waals surface area contributed by atoms with Crippen molar-refractivity contribution in [1.82, 2.24) is 0 Å². The van der Waals surface area contributed by atoms with Gasteiger partial charge in [-0.3, -0.25) is 4.79 Å². The van der Waals surface area contributed by atoms with Gasteiger partial charge in [-0.15, -0.1) is 0 Å². The first-order valence-corrected chi connectivity index (χ1v) is 6.04. The first kappa shape index (κ1) is 12.0. The Labute approximate surface area is 102 Å². The Kier molecular flexibility index (Phi) is 3.09. The quantitative estimate of drug-likeness (QED) is 0.871. The highest BCUT2D eigenvalue weighted by Gasteiger charge is 2.37. The average molecular weight is 233 g/mol. The molecule has 1 aromatic carbocycles. The van der Waals surface area contributed by atoms with Crippen molar-refractivity contribution in [2.24, 2.45) is 11.8 Å². The molecule has 2 unspecified atom stereocenters. The largest absolute Gasteiger partial charge is 0.495 e. The summed E-state index contributed by atoms with van der Waals surface area (Å²) in [6.07, 6.45) is 0. The Morgan fingerprint density at radius 1 is 1.29 bits per heavy atom. The second-order valence-corrected chi connectivity index (χ2v) is 4.99. The first-order chi connectivity index (χ1) is 8.06. The van der Waals surface area contributed by atoms with Crippen LogP contribution >= 0.6 is 0 Å². The van der Waals surface area contributed by atoms with E-state index in [4.69, 9.17) is 4.74 Å². The molecular weight excluding hydrogens is 214 g/mol. The van der Waals surface area contributed by atoms with Crippen molar-refractivity contribution >= 4 is 11.6 Å². The summed E-state index contributed by atoms with van der Waals surface area (Å²) in [6.45, 7) is 6.43. The molecule has 0 radical (unpaired) electrons. The minimum Gasteiger partial charge on any atom is -0.495 e. The number of anilines is 1. The van der Waals surface area contributed by atoms with Crippen molar-refractivity contribution in [2.45, 2.75) is 26.7 Å². The highest BCUT2D eigenvalue weighted by molar-refractivity contribution is 6.04. The fourth-order valence-corrected chi connectivity index (χ4v) is 2.36. The summed E-state index contributed by atoms with van der Waals surface area (Å²) in [7, 11) is 1.63. The van der Waals surface area contributed by atoms with Crippen LogP contribution in [0.25, 0.3) is 0 Å². The van der Waals surface area contributed by atoms with Crippen LogP contribution in [0.5, 0.6) is 5.75 Å². The molecule has 0 saturated carbocycles. The van der Waals surface area contributed by atoms with Crippen molar-refractivity contribution in [2.75, 3.05) is 12.4 Å². The zero-order valence-corrected chi connectivity index (χ0v) is 10.8. The number of ether oxygens (including phenoxy) is 1. The van der Waals surface area contributed by atoms with E-state index in [1.54, 1.807) is 7.11 Å². The van der Waals surface area contributed by atoms with Gasteiger partial charge in [0.2, 0.25) is 5.91 Å². The molecule has 2 rings (SSSR count). The first-order valence-electron chi connectivity index (χ1n) is 6.04. The van der Waals surface area contributed by atoms with Crippen LogP contribution in [0.1, 0.15) is 32.3 Å². The third-order valence-corrected chi connectivity index (χ3v) is 3.72. The van der Waals surface area contributed by atoms with Crippen molar-refractivity contribution in [3.63, 3.8) is 0 Å². The average Bonchev–Trinajstić information content (AvgIpc) is 2.63. The van der Waals surface area contributed by atoms with E-state index in [9.17, 15) is 4.79 Å². The number of carbonyl (C=O) groups is 1. The molecule has 92 valence electrons. The number of para-hydroxylation sites is 1. The van der Waals surface area contributed by atoms with Crippen LogP contribution in [-0.2, 0) is 4.79 Å². The van der Waals surface area contributed by atoms with Crippen LogP contribution in [0.2, 0.25) is 0 Å². The zero-order valence-electron chi connectivity index (χ0n) is 10.8. The predicted octanol–water partition coefficient (Wildman–Crippen LogP) is 3.02. The summed E-state index contributed by atoms with van der Waals surface area (Å²) < 4.78 is 5.28. The maximum Gasteiger partial charge on any atom is 0.232 e. The lowest BCUT2D eigenvalue weighted by molar-refractivity contribution is -0.118. The normalized spacial score (nSPS) is 20.1. The van der Waals surface area contributed by atoms with Crippen LogP contribution in [0.3, 0.4) is 0 Å². The monoisotopic (exact) mass is 233 g/mol. The van der Waals surface area contributed by atoms with Gasteiger partial charge < -0.3 is 10.1 Å². The van der Waals surface area contributed by atoms with E-state index in [1.807, 2.05) is 18.2 Å². The third kappa shape index (κ3) is 1.90. The Bertz CT molecular complexity index is 440. The van der Waals surface area contributed by atoms with Gasteiger partial charge in [0, 0.05) is 0 Å². The Morgan fingerprint density at radius 2 is 2.00 bits per heavy atom. The Hall–Kier alpha value is -1.51. The highest BCUT2D eigenvalue weighted by atomic mass is 16.5. The second kappa shape index (κ2) is 4.40. The molecule has 1 N–H and O–H groups in total. The number of fused-ring (bicyclic) bond motifs is 1. The van der Waals surface area contributed by atoms with Gasteiger partial charge in [-0.25, -0.2) is 0 Å². The van der Waals surface area contributed by atoms with Gasteiger partial charge in [0.05, 0.1) is 18.7 Å². The second-order valence-electron chi connectivity index (χ2n) is 4.99. The SMILES string of the molecule is COc1cccc2c1NC(=O)C2C(C)C(C)C. The summed E-state index contributed by atoms with van der Waals surface area (Å²) in [4.78, 5) is 12.1. The number of hydrogen-bond donors (Lipinski definition) is 1. The molecule has 1 aliphatic rings. The van der Waals surface area contributed by atoms with Crippen LogP contribution in [0.15, 0.2) is 18.2 Å². The minimum atomic E-state index is -0.0555. The highest BCUT2D eigenvalue weighted by Crippen LogP contribution is 2.44. The predicted molar refractivity (Wildman–Crippen MR) is 68.4 cm³/mol. The molecule has 0 bridgehead atoms. The zero-order chi connectivity index (χ0) is 12.6. The number of amides is 1. The summed E-state index contributed by atoms with van der Waals surface area (Å²) in [5.41, 5.74) is 1.91. The molecule has 1 amide bonds. The molecule has 3 nitrogen and oxygen atoms in total. The summed E-state index contributed by atoms with van der Waals surface area (Å²) in [5.74, 6) is 1.58. The van der Waals surface area contributed by atoms with Gasteiger partial charge in [-0.05, 0) is 23.5 Å². The molecule has 3 heteroatoms.